The second-order valence-corrected chi connectivity index (χ2v) is 4.38. The summed E-state index contributed by atoms with van der Waals surface area (Å²) in [4.78, 5) is 0. The predicted octanol–water partition coefficient (Wildman–Crippen LogP) is -1.24. The van der Waals surface area contributed by atoms with Gasteiger partial charge in [0, 0.05) is 0 Å². The van der Waals surface area contributed by atoms with E-state index in [0.29, 0.717) is 0 Å². The van der Waals surface area contributed by atoms with Gasteiger partial charge in [-0.15, -0.1) is 0 Å². The summed E-state index contributed by atoms with van der Waals surface area (Å²) in [5.41, 5.74) is 0. The normalized spacial score (nSPS) is 15.8. The van der Waals surface area contributed by atoms with E-state index < -0.39 is 19.3 Å². The van der Waals surface area contributed by atoms with Crippen molar-refractivity contribution in [3.05, 3.63) is 0 Å². The SMILES string of the molecule is COS(=O)(=O)S(=O)[O-]. The van der Waals surface area contributed by atoms with Gasteiger partial charge >= 0.3 is 9.15 Å². The molecule has 0 spiro atoms. The van der Waals surface area contributed by atoms with Gasteiger partial charge in [0.15, 0.2) is 0 Å². The van der Waals surface area contributed by atoms with Crippen LogP contribution in [0.3, 0.4) is 0 Å². The molecule has 5 nitrogen and oxygen atoms in total. The van der Waals surface area contributed by atoms with Crippen molar-refractivity contribution in [3.63, 3.8) is 0 Å². The summed E-state index contributed by atoms with van der Waals surface area (Å²) in [6.45, 7) is 0. The lowest BCUT2D eigenvalue weighted by molar-refractivity contribution is 0.406. The van der Waals surface area contributed by atoms with E-state index in [2.05, 4.69) is 4.18 Å². The minimum Gasteiger partial charge on any atom is -0.758 e. The zero-order valence-corrected chi connectivity index (χ0v) is 5.49. The highest BCUT2D eigenvalue weighted by atomic mass is 33.2. The largest absolute Gasteiger partial charge is 0.758 e. The van der Waals surface area contributed by atoms with Gasteiger partial charge in [0.05, 0.1) is 17.2 Å². The molecule has 0 N–H and O–H groups in total. The van der Waals surface area contributed by atoms with Crippen LogP contribution in [0.25, 0.3) is 0 Å². The Kier molecular flexibility index (Phi) is 2.54. The Morgan fingerprint density at radius 3 is 2.00 bits per heavy atom. The summed E-state index contributed by atoms with van der Waals surface area (Å²) in [5, 5.41) is 0. The predicted molar refractivity (Wildman–Crippen MR) is 24.8 cm³/mol. The Morgan fingerprint density at radius 1 is 1.62 bits per heavy atom. The maximum Gasteiger partial charge on any atom is 0.337 e. The minimum atomic E-state index is -4.32. The molecule has 0 saturated carbocycles. The van der Waals surface area contributed by atoms with Crippen molar-refractivity contribution in [2.45, 2.75) is 0 Å². The summed E-state index contributed by atoms with van der Waals surface area (Å²) in [5.74, 6) is 0. The van der Waals surface area contributed by atoms with Crippen LogP contribution >= 0.6 is 0 Å². The molecule has 0 aliphatic heterocycles. The highest BCUT2D eigenvalue weighted by Gasteiger charge is 2.06. The van der Waals surface area contributed by atoms with Crippen molar-refractivity contribution in [2.24, 2.45) is 0 Å². The third kappa shape index (κ3) is 1.86. The number of hydrogen-bond acceptors (Lipinski definition) is 5. The van der Waals surface area contributed by atoms with Gasteiger partial charge in [0.2, 0.25) is 0 Å². The molecule has 7 heteroatoms. The van der Waals surface area contributed by atoms with Crippen molar-refractivity contribution in [1.82, 2.24) is 0 Å². The monoisotopic (exact) mass is 159 g/mol. The Labute approximate surface area is 48.5 Å². The highest BCUT2D eigenvalue weighted by Crippen LogP contribution is 1.91. The van der Waals surface area contributed by atoms with Gasteiger partial charge < -0.3 is 4.55 Å². The Morgan fingerprint density at radius 2 is 2.00 bits per heavy atom. The molecular weight excluding hydrogens is 156 g/mol. The van der Waals surface area contributed by atoms with Crippen LogP contribution in [0.2, 0.25) is 0 Å². The summed E-state index contributed by atoms with van der Waals surface area (Å²) in [7, 11) is -6.73. The van der Waals surface area contributed by atoms with E-state index in [1.807, 2.05) is 0 Å². The van der Waals surface area contributed by atoms with Crippen LogP contribution in [-0.2, 0) is 23.4 Å². The van der Waals surface area contributed by atoms with Gasteiger partial charge in [-0.05, 0) is 0 Å². The minimum absolute atomic E-state index is 0.769. The third-order valence-corrected chi connectivity index (χ3v) is 2.52. The standard InChI is InChI=1S/CH4O5S2/c1-6-8(4,5)7(2)3/h1H3,(H,2,3)/p-1. The molecule has 0 fully saturated rings. The van der Waals surface area contributed by atoms with Gasteiger partial charge in [0.25, 0.3) is 0 Å². The van der Waals surface area contributed by atoms with E-state index in [-0.39, 0.29) is 0 Å². The first-order valence-electron chi connectivity index (χ1n) is 1.41. The summed E-state index contributed by atoms with van der Waals surface area (Å²) in [6, 6.07) is 0. The fraction of sp³-hybridized carbons (Fsp3) is 1.00. The van der Waals surface area contributed by atoms with Crippen molar-refractivity contribution in [2.75, 3.05) is 7.11 Å². The Balaban J connectivity index is 4.42. The quantitative estimate of drug-likeness (QED) is 0.371. The van der Waals surface area contributed by atoms with Crippen LogP contribution in [0.15, 0.2) is 0 Å². The molecule has 0 rings (SSSR count). The van der Waals surface area contributed by atoms with Crippen molar-refractivity contribution < 1.29 is 21.4 Å². The van der Waals surface area contributed by atoms with Crippen LogP contribution in [-0.4, -0.2) is 24.3 Å². The fourth-order valence-electron chi connectivity index (χ4n) is 0.0556. The number of hydrogen-bond donors (Lipinski definition) is 0. The van der Waals surface area contributed by atoms with Crippen LogP contribution < -0.4 is 0 Å². The third-order valence-electron chi connectivity index (χ3n) is 0.371. The molecule has 0 saturated heterocycles. The smallest absolute Gasteiger partial charge is 0.337 e. The van der Waals surface area contributed by atoms with Crippen molar-refractivity contribution in [1.29, 1.82) is 0 Å². The Bertz CT molecular complexity index is 177. The van der Waals surface area contributed by atoms with E-state index in [1.165, 1.54) is 0 Å². The van der Waals surface area contributed by atoms with Crippen LogP contribution in [0.1, 0.15) is 0 Å². The second kappa shape index (κ2) is 2.53. The van der Waals surface area contributed by atoms with Gasteiger partial charge in [-0.1, -0.05) is 0 Å². The molecule has 0 radical (unpaired) electrons. The van der Waals surface area contributed by atoms with E-state index in [1.54, 1.807) is 0 Å². The average molecular weight is 159 g/mol. The fourth-order valence-corrected chi connectivity index (χ4v) is 0.500. The van der Waals surface area contributed by atoms with Crippen molar-refractivity contribution >= 4 is 19.3 Å². The number of rotatable bonds is 2. The molecule has 0 aliphatic carbocycles. The van der Waals surface area contributed by atoms with Crippen LogP contribution in [0, 0.1) is 0 Å². The molecule has 0 aromatic carbocycles. The molecule has 0 aliphatic rings. The molecule has 0 bridgehead atoms. The maximum absolute atomic E-state index is 9.86. The van der Waals surface area contributed by atoms with Crippen molar-refractivity contribution in [3.8, 4) is 0 Å². The van der Waals surface area contributed by atoms with Gasteiger partial charge in [-0.3, -0.25) is 8.39 Å². The van der Waals surface area contributed by atoms with E-state index in [0.717, 1.165) is 7.11 Å². The first kappa shape index (κ1) is 8.02. The molecular formula is CH3O5S2-. The molecule has 1 atom stereocenters. The lowest BCUT2D eigenvalue weighted by Gasteiger charge is -2.00. The maximum atomic E-state index is 9.86. The van der Waals surface area contributed by atoms with E-state index >= 15 is 0 Å². The molecule has 8 heavy (non-hydrogen) atoms. The molecule has 50 valence electrons. The topological polar surface area (TPSA) is 83.5 Å². The lowest BCUT2D eigenvalue weighted by Crippen LogP contribution is -2.08. The zero-order valence-electron chi connectivity index (χ0n) is 3.86. The lowest BCUT2D eigenvalue weighted by atomic mass is 11.8. The summed E-state index contributed by atoms with van der Waals surface area (Å²) in [6.07, 6.45) is 0. The second-order valence-electron chi connectivity index (χ2n) is 0.779. The molecule has 0 heterocycles. The average Bonchev–Trinajstić information content (AvgIpc) is 1.67. The van der Waals surface area contributed by atoms with Gasteiger partial charge in [-0.2, -0.15) is 8.42 Å². The molecule has 0 amide bonds. The molecule has 0 aromatic rings. The summed E-state index contributed by atoms with van der Waals surface area (Å²) < 4.78 is 42.4. The first-order chi connectivity index (χ1) is 3.50. The van der Waals surface area contributed by atoms with E-state index in [4.69, 9.17) is 0 Å². The molecule has 1 unspecified atom stereocenters. The van der Waals surface area contributed by atoms with Crippen LogP contribution in [0.5, 0.6) is 0 Å². The first-order valence-corrected chi connectivity index (χ1v) is 4.41. The molecule has 0 aromatic heterocycles. The summed E-state index contributed by atoms with van der Waals surface area (Å²) >= 11 is 0. The van der Waals surface area contributed by atoms with Crippen LogP contribution in [0.4, 0.5) is 0 Å². The van der Waals surface area contributed by atoms with E-state index in [9.17, 15) is 17.2 Å². The van der Waals surface area contributed by atoms with Gasteiger partial charge in [0.1, 0.15) is 0 Å². The highest BCUT2D eigenvalue weighted by molar-refractivity contribution is 8.59. The Hall–Kier alpha value is 0.0200. The zero-order chi connectivity index (χ0) is 6.78. The van der Waals surface area contributed by atoms with Gasteiger partial charge in [-0.25, -0.2) is 0 Å².